The van der Waals surface area contributed by atoms with E-state index in [9.17, 15) is 4.79 Å². The number of anilines is 1. The Bertz CT molecular complexity index is 923. The first kappa shape index (κ1) is 17.2. The van der Waals surface area contributed by atoms with E-state index in [0.29, 0.717) is 21.8 Å². The van der Waals surface area contributed by atoms with Crippen molar-refractivity contribution in [1.29, 1.82) is 0 Å². The summed E-state index contributed by atoms with van der Waals surface area (Å²) in [7, 11) is 0. The summed E-state index contributed by atoms with van der Waals surface area (Å²) in [6.07, 6.45) is 4.78. The van der Waals surface area contributed by atoms with E-state index in [1.807, 2.05) is 29.6 Å². The van der Waals surface area contributed by atoms with Gasteiger partial charge in [0.25, 0.3) is 5.91 Å². The van der Waals surface area contributed by atoms with Crippen molar-refractivity contribution >= 4 is 45.6 Å². The maximum Gasteiger partial charge on any atom is 0.261 e. The van der Waals surface area contributed by atoms with Crippen molar-refractivity contribution < 1.29 is 4.79 Å². The second-order valence-electron chi connectivity index (χ2n) is 6.44. The van der Waals surface area contributed by atoms with E-state index in [2.05, 4.69) is 20.6 Å². The summed E-state index contributed by atoms with van der Waals surface area (Å²) in [4.78, 5) is 22.1. The number of carbonyl (C=O) groups excluding carboxylic acids is 1. The molecule has 1 fully saturated rings. The number of nitrogens with zero attached hydrogens (tertiary/aromatic N) is 2. The molecule has 0 saturated heterocycles. The molecule has 0 spiro atoms. The van der Waals surface area contributed by atoms with E-state index in [0.717, 1.165) is 29.6 Å². The van der Waals surface area contributed by atoms with Gasteiger partial charge in [-0.2, -0.15) is 0 Å². The Morgan fingerprint density at radius 2 is 2.08 bits per heavy atom. The van der Waals surface area contributed by atoms with Crippen LogP contribution in [0.4, 0.5) is 5.82 Å². The van der Waals surface area contributed by atoms with Crippen LogP contribution in [0.5, 0.6) is 0 Å². The number of thiophene rings is 1. The summed E-state index contributed by atoms with van der Waals surface area (Å²) in [5.74, 6) is 1.28. The average Bonchev–Trinajstić information content (AvgIpc) is 3.34. The molecule has 2 aromatic heterocycles. The zero-order valence-electron chi connectivity index (χ0n) is 14.2. The zero-order valence-corrected chi connectivity index (χ0v) is 15.7. The number of carbonyl (C=O) groups is 1. The molecule has 1 aliphatic rings. The van der Waals surface area contributed by atoms with E-state index in [4.69, 9.17) is 11.6 Å². The smallest absolute Gasteiger partial charge is 0.261 e. The molecule has 0 unspecified atom stereocenters. The number of hydrogen-bond donors (Lipinski definition) is 2. The predicted octanol–water partition coefficient (Wildman–Crippen LogP) is 4.63. The van der Waals surface area contributed by atoms with Gasteiger partial charge in [0.1, 0.15) is 5.82 Å². The van der Waals surface area contributed by atoms with Gasteiger partial charge in [-0.05, 0) is 42.5 Å². The Hall–Kier alpha value is -2.18. The first-order valence-electron chi connectivity index (χ1n) is 8.73. The third kappa shape index (κ3) is 3.81. The maximum atomic E-state index is 12.2. The van der Waals surface area contributed by atoms with Gasteiger partial charge in [-0.1, -0.05) is 30.5 Å². The molecule has 2 N–H and O–H groups in total. The molecule has 0 bridgehead atoms. The number of fused-ring (bicyclic) bond motifs is 1. The molecule has 1 saturated carbocycles. The van der Waals surface area contributed by atoms with E-state index >= 15 is 0 Å². The van der Waals surface area contributed by atoms with E-state index in [-0.39, 0.29) is 12.5 Å². The van der Waals surface area contributed by atoms with Gasteiger partial charge in [-0.15, -0.1) is 11.3 Å². The third-order valence-electron chi connectivity index (χ3n) is 4.55. The molecule has 1 amide bonds. The van der Waals surface area contributed by atoms with Crippen LogP contribution in [-0.2, 0) is 6.54 Å². The van der Waals surface area contributed by atoms with E-state index in [1.54, 1.807) is 6.07 Å². The minimum atomic E-state index is -0.106. The molecule has 0 aliphatic heterocycles. The van der Waals surface area contributed by atoms with Crippen molar-refractivity contribution in [2.24, 2.45) is 0 Å². The largest absolute Gasteiger partial charge is 0.367 e. The molecular weight excluding hydrogens is 368 g/mol. The van der Waals surface area contributed by atoms with Crippen LogP contribution in [0, 0.1) is 0 Å². The summed E-state index contributed by atoms with van der Waals surface area (Å²) in [6, 6.07) is 9.70. The lowest BCUT2D eigenvalue weighted by molar-refractivity contribution is 0.0954. The Kier molecular flexibility index (Phi) is 5.04. The van der Waals surface area contributed by atoms with Gasteiger partial charge in [0.15, 0.2) is 5.82 Å². The van der Waals surface area contributed by atoms with Gasteiger partial charge in [0, 0.05) is 16.5 Å². The highest BCUT2D eigenvalue weighted by molar-refractivity contribution is 7.12. The van der Waals surface area contributed by atoms with Crippen molar-refractivity contribution in [3.05, 3.63) is 51.4 Å². The molecule has 4 rings (SSSR count). The first-order chi connectivity index (χ1) is 12.7. The molecule has 3 aromatic rings. The summed E-state index contributed by atoms with van der Waals surface area (Å²) in [5.41, 5.74) is 0.824. The number of rotatable bonds is 5. The van der Waals surface area contributed by atoms with Gasteiger partial charge in [0.05, 0.1) is 16.9 Å². The third-order valence-corrected chi connectivity index (χ3v) is 5.66. The average molecular weight is 387 g/mol. The topological polar surface area (TPSA) is 66.9 Å². The molecule has 134 valence electrons. The van der Waals surface area contributed by atoms with Crippen LogP contribution >= 0.6 is 22.9 Å². The minimum absolute atomic E-state index is 0.106. The molecule has 2 heterocycles. The minimum Gasteiger partial charge on any atom is -0.367 e. The fourth-order valence-electron chi connectivity index (χ4n) is 3.26. The highest BCUT2D eigenvalue weighted by Gasteiger charge is 2.18. The summed E-state index contributed by atoms with van der Waals surface area (Å²) in [5, 5.41) is 9.90. The molecule has 1 aliphatic carbocycles. The lowest BCUT2D eigenvalue weighted by Crippen LogP contribution is -2.24. The van der Waals surface area contributed by atoms with Crippen molar-refractivity contribution in [2.45, 2.75) is 38.3 Å². The number of halogens is 1. The fraction of sp³-hybridized carbons (Fsp3) is 0.316. The van der Waals surface area contributed by atoms with Crippen LogP contribution in [-0.4, -0.2) is 21.9 Å². The number of benzene rings is 1. The normalized spacial score (nSPS) is 14.7. The number of hydrogen-bond acceptors (Lipinski definition) is 5. The number of aromatic nitrogens is 2. The molecule has 26 heavy (non-hydrogen) atoms. The van der Waals surface area contributed by atoms with Crippen LogP contribution in [0.1, 0.15) is 41.2 Å². The summed E-state index contributed by atoms with van der Waals surface area (Å²) >= 11 is 7.58. The van der Waals surface area contributed by atoms with Gasteiger partial charge in [0.2, 0.25) is 0 Å². The Morgan fingerprint density at radius 3 is 2.85 bits per heavy atom. The Morgan fingerprint density at radius 1 is 1.23 bits per heavy atom. The lowest BCUT2D eigenvalue weighted by Gasteiger charge is -2.16. The molecule has 0 radical (unpaired) electrons. The van der Waals surface area contributed by atoms with Crippen LogP contribution in [0.2, 0.25) is 5.02 Å². The second kappa shape index (κ2) is 7.60. The van der Waals surface area contributed by atoms with Gasteiger partial charge in [-0.3, -0.25) is 4.79 Å². The highest BCUT2D eigenvalue weighted by atomic mass is 35.5. The van der Waals surface area contributed by atoms with Crippen LogP contribution in [0.15, 0.2) is 35.7 Å². The molecule has 5 nitrogen and oxygen atoms in total. The Labute approximate surface area is 160 Å². The van der Waals surface area contributed by atoms with Crippen molar-refractivity contribution in [1.82, 2.24) is 15.3 Å². The molecule has 7 heteroatoms. The molecule has 1 aromatic carbocycles. The highest BCUT2D eigenvalue weighted by Crippen LogP contribution is 2.28. The van der Waals surface area contributed by atoms with Crippen LogP contribution in [0.3, 0.4) is 0 Å². The van der Waals surface area contributed by atoms with E-state index in [1.165, 1.54) is 24.2 Å². The van der Waals surface area contributed by atoms with Crippen LogP contribution in [0.25, 0.3) is 10.9 Å². The lowest BCUT2D eigenvalue weighted by atomic mass is 10.2. The van der Waals surface area contributed by atoms with Crippen molar-refractivity contribution in [2.75, 3.05) is 5.32 Å². The SMILES string of the molecule is O=C(NCc1nc(NC2CCCC2)c2cc(Cl)ccc2n1)c1cccs1. The predicted molar refractivity (Wildman–Crippen MR) is 106 cm³/mol. The molecular formula is C19H19ClN4OS. The van der Waals surface area contributed by atoms with Crippen LogP contribution < -0.4 is 10.6 Å². The van der Waals surface area contributed by atoms with Gasteiger partial charge in [-0.25, -0.2) is 9.97 Å². The monoisotopic (exact) mass is 386 g/mol. The molecule has 0 atom stereocenters. The number of amides is 1. The quantitative estimate of drug-likeness (QED) is 0.670. The van der Waals surface area contributed by atoms with Gasteiger partial charge < -0.3 is 10.6 Å². The van der Waals surface area contributed by atoms with Crippen molar-refractivity contribution in [3.63, 3.8) is 0 Å². The van der Waals surface area contributed by atoms with E-state index < -0.39 is 0 Å². The summed E-state index contributed by atoms with van der Waals surface area (Å²) in [6.45, 7) is 0.286. The standard InChI is InChI=1S/C19H19ClN4OS/c20-12-7-8-15-14(10-12)18(22-13-4-1-2-5-13)24-17(23-15)11-21-19(25)16-6-3-9-26-16/h3,6-10,13H,1-2,4-5,11H2,(H,21,25)(H,22,23,24). The number of nitrogens with one attached hydrogen (secondary N) is 2. The Balaban J connectivity index is 1.60. The first-order valence-corrected chi connectivity index (χ1v) is 9.99. The maximum absolute atomic E-state index is 12.2. The van der Waals surface area contributed by atoms with Gasteiger partial charge >= 0.3 is 0 Å². The second-order valence-corrected chi connectivity index (χ2v) is 7.82. The fourth-order valence-corrected chi connectivity index (χ4v) is 4.07. The zero-order chi connectivity index (χ0) is 17.9. The van der Waals surface area contributed by atoms with Crippen molar-refractivity contribution in [3.8, 4) is 0 Å². The summed E-state index contributed by atoms with van der Waals surface area (Å²) < 4.78 is 0.